The molecule has 2 unspecified atom stereocenters. The van der Waals surface area contributed by atoms with Crippen molar-refractivity contribution in [3.05, 3.63) is 0 Å². The Morgan fingerprint density at radius 1 is 1.25 bits per heavy atom. The number of ether oxygens (including phenoxy) is 2. The van der Waals surface area contributed by atoms with Gasteiger partial charge in [-0.25, -0.2) is 0 Å². The first-order valence-electron chi connectivity index (χ1n) is 8.16. The van der Waals surface area contributed by atoms with Crippen molar-refractivity contribution in [2.45, 2.75) is 58.7 Å². The molecule has 1 aliphatic carbocycles. The van der Waals surface area contributed by atoms with Gasteiger partial charge in [0.2, 0.25) is 0 Å². The van der Waals surface area contributed by atoms with Crippen molar-refractivity contribution in [1.29, 1.82) is 0 Å². The summed E-state index contributed by atoms with van der Waals surface area (Å²) in [6.07, 6.45) is 4.54. The molecule has 0 spiro atoms. The summed E-state index contributed by atoms with van der Waals surface area (Å²) in [5.41, 5.74) is 0. The van der Waals surface area contributed by atoms with Gasteiger partial charge in [0.25, 0.3) is 0 Å². The van der Waals surface area contributed by atoms with Crippen LogP contribution in [0.15, 0.2) is 0 Å². The molecule has 0 aromatic carbocycles. The SMILES string of the molecule is CC(C)CC(C)OCC(O)CNCCCOCC1CC1. The second-order valence-corrected chi connectivity index (χ2v) is 6.50. The van der Waals surface area contributed by atoms with Crippen LogP contribution in [-0.2, 0) is 9.47 Å². The molecule has 0 aromatic heterocycles. The van der Waals surface area contributed by atoms with Gasteiger partial charge in [-0.1, -0.05) is 13.8 Å². The summed E-state index contributed by atoms with van der Waals surface area (Å²) in [4.78, 5) is 0. The molecule has 1 aliphatic rings. The molecule has 1 rings (SSSR count). The number of hydrogen-bond acceptors (Lipinski definition) is 4. The standard InChI is InChI=1S/C16H33NO3/c1-13(2)9-14(3)20-12-16(18)10-17-7-4-8-19-11-15-5-6-15/h13-18H,4-12H2,1-3H3. The van der Waals surface area contributed by atoms with Gasteiger partial charge in [0, 0.05) is 19.8 Å². The van der Waals surface area contributed by atoms with E-state index in [0.29, 0.717) is 19.1 Å². The topological polar surface area (TPSA) is 50.7 Å². The van der Waals surface area contributed by atoms with Gasteiger partial charge in [0.05, 0.1) is 18.8 Å². The van der Waals surface area contributed by atoms with E-state index in [9.17, 15) is 5.11 Å². The molecule has 0 aromatic rings. The highest BCUT2D eigenvalue weighted by Gasteiger charge is 2.20. The predicted octanol–water partition coefficient (Wildman–Crippen LogP) is 2.20. The monoisotopic (exact) mass is 287 g/mol. The zero-order chi connectivity index (χ0) is 14.8. The quantitative estimate of drug-likeness (QED) is 0.510. The maximum absolute atomic E-state index is 9.80. The number of aliphatic hydroxyl groups excluding tert-OH is 1. The zero-order valence-electron chi connectivity index (χ0n) is 13.4. The molecular formula is C16H33NO3. The molecular weight excluding hydrogens is 254 g/mol. The second kappa shape index (κ2) is 10.6. The van der Waals surface area contributed by atoms with Crippen molar-refractivity contribution in [1.82, 2.24) is 5.32 Å². The molecule has 0 aliphatic heterocycles. The number of rotatable bonds is 13. The minimum absolute atomic E-state index is 0.223. The molecule has 1 fully saturated rings. The Kier molecular flexibility index (Phi) is 9.44. The third-order valence-corrected chi connectivity index (χ3v) is 3.45. The molecule has 0 bridgehead atoms. The number of hydrogen-bond donors (Lipinski definition) is 2. The normalized spacial score (nSPS) is 18.4. The van der Waals surface area contributed by atoms with Gasteiger partial charge < -0.3 is 19.9 Å². The lowest BCUT2D eigenvalue weighted by Crippen LogP contribution is -2.32. The fourth-order valence-corrected chi connectivity index (χ4v) is 2.17. The summed E-state index contributed by atoms with van der Waals surface area (Å²) in [7, 11) is 0. The molecule has 0 heterocycles. The van der Waals surface area contributed by atoms with Crippen molar-refractivity contribution in [3.63, 3.8) is 0 Å². The molecule has 2 atom stereocenters. The third kappa shape index (κ3) is 10.6. The lowest BCUT2D eigenvalue weighted by atomic mass is 10.1. The lowest BCUT2D eigenvalue weighted by Gasteiger charge is -2.18. The summed E-state index contributed by atoms with van der Waals surface area (Å²) >= 11 is 0. The van der Waals surface area contributed by atoms with E-state index in [1.165, 1.54) is 12.8 Å². The summed E-state index contributed by atoms with van der Waals surface area (Å²) in [5, 5.41) is 13.0. The van der Waals surface area contributed by atoms with E-state index in [4.69, 9.17) is 9.47 Å². The minimum atomic E-state index is -0.419. The van der Waals surface area contributed by atoms with E-state index in [0.717, 1.165) is 38.5 Å². The van der Waals surface area contributed by atoms with Crippen LogP contribution >= 0.6 is 0 Å². The summed E-state index contributed by atoms with van der Waals surface area (Å²) < 4.78 is 11.2. The Labute approximate surface area is 124 Å². The first kappa shape index (κ1) is 17.9. The number of aliphatic hydroxyl groups is 1. The Morgan fingerprint density at radius 2 is 2.00 bits per heavy atom. The molecule has 120 valence electrons. The predicted molar refractivity (Wildman–Crippen MR) is 81.9 cm³/mol. The van der Waals surface area contributed by atoms with E-state index in [2.05, 4.69) is 26.1 Å². The van der Waals surface area contributed by atoms with Gasteiger partial charge in [-0.2, -0.15) is 0 Å². The summed E-state index contributed by atoms with van der Waals surface area (Å²) in [6.45, 7) is 10.1. The van der Waals surface area contributed by atoms with E-state index in [-0.39, 0.29) is 6.10 Å². The van der Waals surface area contributed by atoms with Crippen LogP contribution in [0.5, 0.6) is 0 Å². The summed E-state index contributed by atoms with van der Waals surface area (Å²) in [5.74, 6) is 1.48. The van der Waals surface area contributed by atoms with Gasteiger partial charge in [0.15, 0.2) is 0 Å². The van der Waals surface area contributed by atoms with Crippen LogP contribution in [0.3, 0.4) is 0 Å². The number of nitrogens with one attached hydrogen (secondary N) is 1. The zero-order valence-corrected chi connectivity index (χ0v) is 13.4. The Bertz CT molecular complexity index is 232. The maximum Gasteiger partial charge on any atom is 0.0897 e. The molecule has 0 amide bonds. The molecule has 1 saturated carbocycles. The van der Waals surface area contributed by atoms with Gasteiger partial charge in [-0.05, 0) is 51.0 Å². The highest BCUT2D eigenvalue weighted by Crippen LogP contribution is 2.28. The largest absolute Gasteiger partial charge is 0.389 e. The van der Waals surface area contributed by atoms with Crippen molar-refractivity contribution in [2.24, 2.45) is 11.8 Å². The van der Waals surface area contributed by atoms with E-state index >= 15 is 0 Å². The molecule has 0 saturated heterocycles. The van der Waals surface area contributed by atoms with Crippen molar-refractivity contribution < 1.29 is 14.6 Å². The lowest BCUT2D eigenvalue weighted by molar-refractivity contribution is -0.00857. The highest BCUT2D eigenvalue weighted by atomic mass is 16.5. The maximum atomic E-state index is 9.80. The van der Waals surface area contributed by atoms with Crippen LogP contribution in [0.4, 0.5) is 0 Å². The van der Waals surface area contributed by atoms with E-state index in [1.807, 2.05) is 0 Å². The van der Waals surface area contributed by atoms with Crippen LogP contribution in [0.2, 0.25) is 0 Å². The van der Waals surface area contributed by atoms with Crippen molar-refractivity contribution >= 4 is 0 Å². The molecule has 4 heteroatoms. The highest BCUT2D eigenvalue weighted by molar-refractivity contribution is 4.71. The van der Waals surface area contributed by atoms with Crippen LogP contribution in [0.25, 0.3) is 0 Å². The van der Waals surface area contributed by atoms with Gasteiger partial charge in [0.1, 0.15) is 0 Å². The average molecular weight is 287 g/mol. The average Bonchev–Trinajstić information content (AvgIpc) is 3.18. The second-order valence-electron chi connectivity index (χ2n) is 6.50. The first-order chi connectivity index (χ1) is 9.58. The minimum Gasteiger partial charge on any atom is -0.389 e. The molecule has 4 nitrogen and oxygen atoms in total. The Balaban J connectivity index is 1.82. The van der Waals surface area contributed by atoms with Crippen LogP contribution in [0.1, 0.15) is 46.5 Å². The Morgan fingerprint density at radius 3 is 2.65 bits per heavy atom. The summed E-state index contributed by atoms with van der Waals surface area (Å²) in [6, 6.07) is 0. The fourth-order valence-electron chi connectivity index (χ4n) is 2.17. The van der Waals surface area contributed by atoms with E-state index < -0.39 is 6.10 Å². The van der Waals surface area contributed by atoms with E-state index in [1.54, 1.807) is 0 Å². The van der Waals surface area contributed by atoms with Crippen LogP contribution < -0.4 is 5.32 Å². The third-order valence-electron chi connectivity index (χ3n) is 3.45. The molecule has 20 heavy (non-hydrogen) atoms. The van der Waals surface area contributed by atoms with Crippen molar-refractivity contribution in [3.8, 4) is 0 Å². The van der Waals surface area contributed by atoms with Crippen molar-refractivity contribution in [2.75, 3.05) is 32.9 Å². The molecule has 0 radical (unpaired) electrons. The molecule has 2 N–H and O–H groups in total. The van der Waals surface area contributed by atoms with Crippen LogP contribution in [0, 0.1) is 11.8 Å². The van der Waals surface area contributed by atoms with Gasteiger partial charge in [-0.3, -0.25) is 0 Å². The Hall–Kier alpha value is -0.160. The van der Waals surface area contributed by atoms with Gasteiger partial charge >= 0.3 is 0 Å². The van der Waals surface area contributed by atoms with Gasteiger partial charge in [-0.15, -0.1) is 0 Å². The van der Waals surface area contributed by atoms with Crippen LogP contribution in [-0.4, -0.2) is 50.2 Å². The first-order valence-corrected chi connectivity index (χ1v) is 8.16. The fraction of sp³-hybridized carbons (Fsp3) is 1.00. The smallest absolute Gasteiger partial charge is 0.0897 e.